The van der Waals surface area contributed by atoms with Gasteiger partial charge in [-0.3, -0.25) is 9.59 Å². The summed E-state index contributed by atoms with van der Waals surface area (Å²) >= 11 is 0. The number of nitrogens with one attached hydrogen (secondary N) is 1. The SMILES string of the molecule is CCC(C)(C)C1CCC(NC(=O)C2CCN(C(=O)c3cccc4ccccc34)CC2)CC1. The number of nitrogens with zero attached hydrogens (tertiary/aromatic N) is 1. The van der Waals surface area contributed by atoms with Crippen LogP contribution in [0.15, 0.2) is 42.5 Å². The fourth-order valence-electron chi connectivity index (χ4n) is 5.55. The van der Waals surface area contributed by atoms with Crippen molar-refractivity contribution < 1.29 is 9.59 Å². The lowest BCUT2D eigenvalue weighted by atomic mass is 9.69. The molecule has 1 aliphatic heterocycles. The predicted molar refractivity (Wildman–Crippen MR) is 131 cm³/mol. The fourth-order valence-corrected chi connectivity index (χ4v) is 5.55. The molecule has 1 heterocycles. The summed E-state index contributed by atoms with van der Waals surface area (Å²) in [5, 5.41) is 5.43. The number of amides is 2. The lowest BCUT2D eigenvalue weighted by Gasteiger charge is -2.39. The van der Waals surface area contributed by atoms with Gasteiger partial charge in [0.2, 0.25) is 5.91 Å². The van der Waals surface area contributed by atoms with Crippen molar-refractivity contribution >= 4 is 22.6 Å². The van der Waals surface area contributed by atoms with Gasteiger partial charge in [-0.25, -0.2) is 0 Å². The summed E-state index contributed by atoms with van der Waals surface area (Å²) in [7, 11) is 0. The lowest BCUT2D eigenvalue weighted by Crippen LogP contribution is -2.46. The Morgan fingerprint density at radius 2 is 1.59 bits per heavy atom. The highest BCUT2D eigenvalue weighted by molar-refractivity contribution is 6.07. The minimum atomic E-state index is 0.0244. The van der Waals surface area contributed by atoms with Gasteiger partial charge in [-0.15, -0.1) is 0 Å². The van der Waals surface area contributed by atoms with Crippen LogP contribution in [-0.4, -0.2) is 35.8 Å². The summed E-state index contributed by atoms with van der Waals surface area (Å²) < 4.78 is 0. The highest BCUT2D eigenvalue weighted by atomic mass is 16.2. The first kappa shape index (κ1) is 22.8. The number of rotatable bonds is 5. The largest absolute Gasteiger partial charge is 0.353 e. The first-order valence-corrected chi connectivity index (χ1v) is 12.5. The van der Waals surface area contributed by atoms with Crippen molar-refractivity contribution in [3.63, 3.8) is 0 Å². The maximum Gasteiger partial charge on any atom is 0.254 e. The van der Waals surface area contributed by atoms with Crippen LogP contribution in [0.1, 0.15) is 76.1 Å². The van der Waals surface area contributed by atoms with E-state index < -0.39 is 0 Å². The Balaban J connectivity index is 1.28. The van der Waals surface area contributed by atoms with Gasteiger partial charge >= 0.3 is 0 Å². The maximum atomic E-state index is 13.2. The van der Waals surface area contributed by atoms with E-state index >= 15 is 0 Å². The predicted octanol–water partition coefficient (Wildman–Crippen LogP) is 5.80. The highest BCUT2D eigenvalue weighted by Crippen LogP contribution is 2.40. The van der Waals surface area contributed by atoms with Gasteiger partial charge in [0, 0.05) is 30.6 Å². The Morgan fingerprint density at radius 1 is 0.938 bits per heavy atom. The molecule has 0 bridgehead atoms. The normalized spacial score (nSPS) is 22.7. The highest BCUT2D eigenvalue weighted by Gasteiger charge is 2.34. The monoisotopic (exact) mass is 434 g/mol. The van der Waals surface area contributed by atoms with Crippen LogP contribution >= 0.6 is 0 Å². The Kier molecular flexibility index (Phi) is 6.88. The molecule has 2 amide bonds. The molecule has 4 nitrogen and oxygen atoms in total. The van der Waals surface area contributed by atoms with Crippen LogP contribution in [0.25, 0.3) is 10.8 Å². The average molecular weight is 435 g/mol. The van der Waals surface area contributed by atoms with Gasteiger partial charge in [0.15, 0.2) is 0 Å². The third kappa shape index (κ3) is 4.84. The summed E-state index contributed by atoms with van der Waals surface area (Å²) in [4.78, 5) is 28.0. The van der Waals surface area contributed by atoms with E-state index in [1.165, 1.54) is 19.3 Å². The van der Waals surface area contributed by atoms with Crippen molar-refractivity contribution in [1.29, 1.82) is 0 Å². The number of hydrogen-bond acceptors (Lipinski definition) is 2. The van der Waals surface area contributed by atoms with E-state index in [2.05, 4.69) is 26.1 Å². The second-order valence-corrected chi connectivity index (χ2v) is 10.5. The third-order valence-electron chi connectivity index (χ3n) is 8.26. The van der Waals surface area contributed by atoms with Gasteiger partial charge in [0.25, 0.3) is 5.91 Å². The number of likely N-dealkylation sites (tertiary alicyclic amines) is 1. The molecule has 4 heteroatoms. The van der Waals surface area contributed by atoms with Crippen LogP contribution in [0.5, 0.6) is 0 Å². The molecular formula is C28H38N2O2. The number of hydrogen-bond donors (Lipinski definition) is 1. The molecule has 1 N–H and O–H groups in total. The quantitative estimate of drug-likeness (QED) is 0.646. The number of piperidine rings is 1. The van der Waals surface area contributed by atoms with Crippen molar-refractivity contribution in [3.8, 4) is 0 Å². The van der Waals surface area contributed by atoms with Crippen LogP contribution in [0.4, 0.5) is 0 Å². The molecule has 0 atom stereocenters. The molecule has 2 fully saturated rings. The first-order valence-electron chi connectivity index (χ1n) is 12.5. The Bertz CT molecular complexity index is 946. The van der Waals surface area contributed by atoms with E-state index in [1.807, 2.05) is 47.4 Å². The molecule has 0 unspecified atom stereocenters. The smallest absolute Gasteiger partial charge is 0.254 e. The lowest BCUT2D eigenvalue weighted by molar-refractivity contribution is -0.127. The molecule has 2 aliphatic rings. The van der Waals surface area contributed by atoms with Gasteiger partial charge in [-0.05, 0) is 66.7 Å². The van der Waals surface area contributed by atoms with Crippen LogP contribution in [0.2, 0.25) is 0 Å². The van der Waals surface area contributed by atoms with Gasteiger partial charge in [0.1, 0.15) is 0 Å². The van der Waals surface area contributed by atoms with Crippen molar-refractivity contribution in [1.82, 2.24) is 10.2 Å². The van der Waals surface area contributed by atoms with Gasteiger partial charge in [0.05, 0.1) is 0 Å². The minimum absolute atomic E-state index is 0.0244. The van der Waals surface area contributed by atoms with E-state index in [9.17, 15) is 9.59 Å². The zero-order chi connectivity index (χ0) is 22.7. The maximum absolute atomic E-state index is 13.2. The Labute approximate surface area is 192 Å². The molecule has 172 valence electrons. The summed E-state index contributed by atoms with van der Waals surface area (Å²) in [5.74, 6) is 1.07. The van der Waals surface area contributed by atoms with Crippen LogP contribution in [-0.2, 0) is 4.79 Å². The molecular weight excluding hydrogens is 396 g/mol. The zero-order valence-corrected chi connectivity index (χ0v) is 19.9. The van der Waals surface area contributed by atoms with E-state index in [4.69, 9.17) is 0 Å². The summed E-state index contributed by atoms with van der Waals surface area (Å²) in [5.41, 5.74) is 1.16. The molecule has 1 aliphatic carbocycles. The van der Waals surface area contributed by atoms with Gasteiger partial charge < -0.3 is 10.2 Å². The summed E-state index contributed by atoms with van der Waals surface area (Å²) in [6, 6.07) is 14.3. The van der Waals surface area contributed by atoms with Crippen molar-refractivity contribution in [2.75, 3.05) is 13.1 Å². The molecule has 1 saturated heterocycles. The van der Waals surface area contributed by atoms with E-state index in [-0.39, 0.29) is 17.7 Å². The molecule has 4 rings (SSSR count). The number of benzene rings is 2. The van der Waals surface area contributed by atoms with Crippen LogP contribution in [0, 0.1) is 17.3 Å². The molecule has 2 aromatic rings. The molecule has 1 saturated carbocycles. The van der Waals surface area contributed by atoms with Gasteiger partial charge in [-0.1, -0.05) is 63.6 Å². The average Bonchev–Trinajstić information content (AvgIpc) is 2.83. The topological polar surface area (TPSA) is 49.4 Å². The molecule has 32 heavy (non-hydrogen) atoms. The standard InChI is InChI=1S/C28H38N2O2/c1-4-28(2,3)22-12-14-23(15-13-22)29-26(31)21-16-18-30(19-17-21)27(32)25-11-7-9-20-8-5-6-10-24(20)25/h5-11,21-23H,4,12-19H2,1-3H3,(H,29,31). The number of carbonyl (C=O) groups excluding carboxylic acids is 2. The van der Waals surface area contributed by atoms with Crippen LogP contribution in [0.3, 0.4) is 0 Å². The van der Waals surface area contributed by atoms with Crippen molar-refractivity contribution in [3.05, 3.63) is 48.0 Å². The Hall–Kier alpha value is -2.36. The second kappa shape index (κ2) is 9.64. The number of carbonyl (C=O) groups is 2. The van der Waals surface area contributed by atoms with Crippen molar-refractivity contribution in [2.24, 2.45) is 17.3 Å². The third-order valence-corrected chi connectivity index (χ3v) is 8.26. The van der Waals surface area contributed by atoms with E-state index in [1.54, 1.807) is 0 Å². The van der Waals surface area contributed by atoms with E-state index in [0.29, 0.717) is 24.5 Å². The molecule has 2 aromatic carbocycles. The number of fused-ring (bicyclic) bond motifs is 1. The second-order valence-electron chi connectivity index (χ2n) is 10.5. The molecule has 0 aromatic heterocycles. The van der Waals surface area contributed by atoms with E-state index in [0.717, 1.165) is 47.9 Å². The minimum Gasteiger partial charge on any atom is -0.353 e. The molecule has 0 spiro atoms. The van der Waals surface area contributed by atoms with Gasteiger partial charge in [-0.2, -0.15) is 0 Å². The summed E-state index contributed by atoms with van der Waals surface area (Å²) in [6.07, 6.45) is 7.33. The zero-order valence-electron chi connectivity index (χ0n) is 19.9. The van der Waals surface area contributed by atoms with Crippen molar-refractivity contribution in [2.45, 2.75) is 71.8 Å². The first-order chi connectivity index (χ1) is 15.4. The fraction of sp³-hybridized carbons (Fsp3) is 0.571. The Morgan fingerprint density at radius 3 is 2.28 bits per heavy atom. The summed E-state index contributed by atoms with van der Waals surface area (Å²) in [6.45, 7) is 8.34. The van der Waals surface area contributed by atoms with Crippen LogP contribution < -0.4 is 5.32 Å². The molecule has 0 radical (unpaired) electrons.